The van der Waals surface area contributed by atoms with E-state index in [1.165, 1.54) is 12.3 Å². The Morgan fingerprint density at radius 3 is 2.65 bits per heavy atom. The number of pyridine rings is 1. The van der Waals surface area contributed by atoms with Gasteiger partial charge in [-0.05, 0) is 30.3 Å². The van der Waals surface area contributed by atoms with Crippen LogP contribution in [0.1, 0.15) is 11.1 Å². The lowest BCUT2D eigenvalue weighted by Gasteiger charge is -2.12. The predicted molar refractivity (Wildman–Crippen MR) is 68.7 cm³/mol. The Hall–Kier alpha value is -2.26. The van der Waals surface area contributed by atoms with Crippen molar-refractivity contribution in [2.24, 2.45) is 0 Å². The molecule has 3 nitrogen and oxygen atoms in total. The molecule has 1 aromatic heterocycles. The van der Waals surface area contributed by atoms with Crippen LogP contribution in [0.4, 0.5) is 24.7 Å². The van der Waals surface area contributed by atoms with Crippen molar-refractivity contribution in [2.45, 2.75) is 6.18 Å². The topological polar surface area (TPSA) is 48.7 Å². The first-order chi connectivity index (χ1) is 9.41. The van der Waals surface area contributed by atoms with Crippen molar-refractivity contribution in [3.05, 3.63) is 52.7 Å². The van der Waals surface area contributed by atoms with Gasteiger partial charge in [0.15, 0.2) is 0 Å². The summed E-state index contributed by atoms with van der Waals surface area (Å²) in [4.78, 5) is 3.90. The third kappa shape index (κ3) is 3.00. The van der Waals surface area contributed by atoms with Crippen molar-refractivity contribution >= 4 is 23.1 Å². The molecular formula is C13H7ClF3N3. The summed E-state index contributed by atoms with van der Waals surface area (Å²) < 4.78 is 37.9. The number of nitriles is 1. The van der Waals surface area contributed by atoms with Crippen LogP contribution in [-0.4, -0.2) is 4.98 Å². The Labute approximate surface area is 117 Å². The molecule has 0 saturated carbocycles. The maximum Gasteiger partial charge on any atom is 0.416 e. The molecule has 20 heavy (non-hydrogen) atoms. The number of aromatic nitrogens is 1. The zero-order chi connectivity index (χ0) is 14.8. The van der Waals surface area contributed by atoms with Gasteiger partial charge in [-0.1, -0.05) is 11.6 Å². The summed E-state index contributed by atoms with van der Waals surface area (Å²) in [7, 11) is 0. The number of nitrogens with one attached hydrogen (secondary N) is 1. The Balaban J connectivity index is 2.41. The quantitative estimate of drug-likeness (QED) is 0.895. The van der Waals surface area contributed by atoms with Crippen LogP contribution in [0.5, 0.6) is 0 Å². The number of halogens is 4. The highest BCUT2D eigenvalue weighted by molar-refractivity contribution is 6.33. The molecule has 0 unspecified atom stereocenters. The number of alkyl halides is 3. The minimum atomic E-state index is -4.47. The van der Waals surface area contributed by atoms with Gasteiger partial charge in [-0.3, -0.25) is 0 Å². The lowest BCUT2D eigenvalue weighted by atomic mass is 10.2. The molecule has 0 atom stereocenters. The molecular weight excluding hydrogens is 291 g/mol. The van der Waals surface area contributed by atoms with Gasteiger partial charge in [-0.25, -0.2) is 4.98 Å². The van der Waals surface area contributed by atoms with E-state index in [-0.39, 0.29) is 22.1 Å². The van der Waals surface area contributed by atoms with Gasteiger partial charge in [0.2, 0.25) is 0 Å². The first-order valence-electron chi connectivity index (χ1n) is 5.40. The van der Waals surface area contributed by atoms with Gasteiger partial charge in [0.25, 0.3) is 0 Å². The van der Waals surface area contributed by atoms with Crippen molar-refractivity contribution < 1.29 is 13.2 Å². The monoisotopic (exact) mass is 297 g/mol. The molecule has 7 heteroatoms. The first-order valence-corrected chi connectivity index (χ1v) is 5.78. The molecule has 102 valence electrons. The smallest absolute Gasteiger partial charge is 0.338 e. The largest absolute Gasteiger partial charge is 0.416 e. The lowest BCUT2D eigenvalue weighted by Crippen LogP contribution is -2.06. The Morgan fingerprint density at radius 1 is 1.25 bits per heavy atom. The second-order valence-electron chi connectivity index (χ2n) is 3.83. The molecule has 1 N–H and O–H groups in total. The molecule has 0 amide bonds. The lowest BCUT2D eigenvalue weighted by molar-refractivity contribution is -0.137. The standard InChI is InChI=1S/C13H7ClF3N3/c14-10-4-3-9(13(15,16)17)6-11(10)20-12-8(7-18)2-1-5-19-12/h1-6H,(H,19,20). The van der Waals surface area contributed by atoms with Gasteiger partial charge >= 0.3 is 6.18 Å². The van der Waals surface area contributed by atoms with Crippen LogP contribution in [0, 0.1) is 11.3 Å². The third-order valence-corrected chi connectivity index (χ3v) is 2.80. The number of nitrogens with zero attached hydrogens (tertiary/aromatic N) is 2. The van der Waals surface area contributed by atoms with E-state index in [0.29, 0.717) is 0 Å². The van der Waals surface area contributed by atoms with Gasteiger partial charge in [0.05, 0.1) is 21.8 Å². The predicted octanol–water partition coefficient (Wildman–Crippen LogP) is 4.37. The van der Waals surface area contributed by atoms with Crippen LogP contribution in [-0.2, 0) is 6.18 Å². The van der Waals surface area contributed by atoms with Crippen molar-refractivity contribution in [1.82, 2.24) is 4.98 Å². The van der Waals surface area contributed by atoms with E-state index >= 15 is 0 Å². The molecule has 0 bridgehead atoms. The molecule has 0 fully saturated rings. The zero-order valence-corrected chi connectivity index (χ0v) is 10.6. The van der Waals surface area contributed by atoms with E-state index in [0.717, 1.165) is 18.2 Å². The summed E-state index contributed by atoms with van der Waals surface area (Å²) in [6.07, 6.45) is -3.05. The van der Waals surface area contributed by atoms with Crippen LogP contribution in [0.2, 0.25) is 5.02 Å². The minimum Gasteiger partial charge on any atom is -0.338 e. The summed E-state index contributed by atoms with van der Waals surface area (Å²) in [5.41, 5.74) is -0.587. The molecule has 0 saturated heterocycles. The van der Waals surface area contributed by atoms with Gasteiger partial charge < -0.3 is 5.32 Å². The molecule has 0 aliphatic carbocycles. The first kappa shape index (κ1) is 14.2. The third-order valence-electron chi connectivity index (χ3n) is 2.47. The van der Waals surface area contributed by atoms with E-state index < -0.39 is 11.7 Å². The Morgan fingerprint density at radius 2 is 2.00 bits per heavy atom. The highest BCUT2D eigenvalue weighted by Crippen LogP contribution is 2.34. The zero-order valence-electron chi connectivity index (χ0n) is 9.87. The van der Waals surface area contributed by atoms with Gasteiger partial charge in [0, 0.05) is 6.20 Å². The second kappa shape index (κ2) is 5.39. The summed E-state index contributed by atoms with van der Waals surface area (Å²) in [5.74, 6) is 0.149. The molecule has 0 aliphatic heterocycles. The fourth-order valence-corrected chi connectivity index (χ4v) is 1.68. The summed E-state index contributed by atoms with van der Waals surface area (Å²) in [6, 6.07) is 7.84. The number of hydrogen-bond donors (Lipinski definition) is 1. The highest BCUT2D eigenvalue weighted by atomic mass is 35.5. The van der Waals surface area contributed by atoms with E-state index in [1.54, 1.807) is 6.07 Å². The molecule has 0 radical (unpaired) electrons. The molecule has 1 aromatic carbocycles. The normalized spacial score (nSPS) is 10.9. The van der Waals surface area contributed by atoms with Crippen LogP contribution >= 0.6 is 11.6 Å². The maximum atomic E-state index is 12.6. The molecule has 2 rings (SSSR count). The van der Waals surface area contributed by atoms with Gasteiger partial charge in [0.1, 0.15) is 11.9 Å². The fourth-order valence-electron chi connectivity index (χ4n) is 1.52. The SMILES string of the molecule is N#Cc1cccnc1Nc1cc(C(F)(F)F)ccc1Cl. The van der Waals surface area contributed by atoms with Gasteiger partial charge in [-0.15, -0.1) is 0 Å². The van der Waals surface area contributed by atoms with Crippen LogP contribution in [0.15, 0.2) is 36.5 Å². The van der Waals surface area contributed by atoms with Crippen molar-refractivity contribution in [3.8, 4) is 6.07 Å². The van der Waals surface area contributed by atoms with E-state index in [1.807, 2.05) is 6.07 Å². The van der Waals surface area contributed by atoms with Crippen LogP contribution < -0.4 is 5.32 Å². The van der Waals surface area contributed by atoms with Crippen molar-refractivity contribution in [2.75, 3.05) is 5.32 Å². The maximum absolute atomic E-state index is 12.6. The summed E-state index contributed by atoms with van der Waals surface area (Å²) >= 11 is 5.85. The minimum absolute atomic E-state index is 0.0386. The summed E-state index contributed by atoms with van der Waals surface area (Å²) in [6.45, 7) is 0. The Kier molecular flexibility index (Phi) is 3.81. The average molecular weight is 298 g/mol. The molecule has 1 heterocycles. The summed E-state index contributed by atoms with van der Waals surface area (Å²) in [5, 5.41) is 11.6. The number of rotatable bonds is 2. The molecule has 0 aliphatic rings. The van der Waals surface area contributed by atoms with E-state index in [4.69, 9.17) is 16.9 Å². The number of anilines is 2. The Bertz CT molecular complexity index is 677. The fraction of sp³-hybridized carbons (Fsp3) is 0.0769. The molecule has 2 aromatic rings. The van der Waals surface area contributed by atoms with Crippen LogP contribution in [0.3, 0.4) is 0 Å². The average Bonchev–Trinajstić information content (AvgIpc) is 2.40. The van der Waals surface area contributed by atoms with Gasteiger partial charge in [-0.2, -0.15) is 18.4 Å². The number of benzene rings is 1. The van der Waals surface area contributed by atoms with Crippen LogP contribution in [0.25, 0.3) is 0 Å². The number of hydrogen-bond acceptors (Lipinski definition) is 3. The highest BCUT2D eigenvalue weighted by Gasteiger charge is 2.31. The molecule has 0 spiro atoms. The van der Waals surface area contributed by atoms with E-state index in [9.17, 15) is 13.2 Å². The van der Waals surface area contributed by atoms with Crippen molar-refractivity contribution in [3.63, 3.8) is 0 Å². The van der Waals surface area contributed by atoms with Crippen molar-refractivity contribution in [1.29, 1.82) is 5.26 Å². The second-order valence-corrected chi connectivity index (χ2v) is 4.24. The van der Waals surface area contributed by atoms with E-state index in [2.05, 4.69) is 10.3 Å².